The molecule has 0 aliphatic heterocycles. The molecular weight excluding hydrogens is 634 g/mol. The minimum absolute atomic E-state index is 0.0134. The summed E-state index contributed by atoms with van der Waals surface area (Å²) >= 11 is 0. The molecule has 0 aromatic carbocycles. The van der Waals surface area contributed by atoms with Crippen molar-refractivity contribution < 1.29 is 24.2 Å². The van der Waals surface area contributed by atoms with Gasteiger partial charge in [-0.15, -0.1) is 0 Å². The van der Waals surface area contributed by atoms with Gasteiger partial charge < -0.3 is 19.5 Å². The maximum atomic E-state index is 12.7. The zero-order chi connectivity index (χ0) is 37.5. The van der Waals surface area contributed by atoms with E-state index in [0.29, 0.717) is 12.8 Å². The second-order valence-corrected chi connectivity index (χ2v) is 15.7. The molecule has 0 radical (unpaired) electrons. The molecular formula is C45H89NO5. The predicted octanol–water partition coefficient (Wildman–Crippen LogP) is 13.1. The van der Waals surface area contributed by atoms with Crippen LogP contribution in [0.25, 0.3) is 0 Å². The third-order valence-electron chi connectivity index (χ3n) is 10.5. The van der Waals surface area contributed by atoms with Crippen LogP contribution in [0.2, 0.25) is 0 Å². The second-order valence-electron chi connectivity index (χ2n) is 15.7. The average molecular weight is 724 g/mol. The maximum absolute atomic E-state index is 12.7. The van der Waals surface area contributed by atoms with E-state index in [1.807, 2.05) is 6.92 Å². The molecule has 0 aliphatic carbocycles. The molecule has 6 heteroatoms. The number of esters is 2. The monoisotopic (exact) mass is 724 g/mol. The Balaban J connectivity index is 3.99. The zero-order valence-electron chi connectivity index (χ0n) is 34.8. The van der Waals surface area contributed by atoms with Crippen LogP contribution in [-0.2, 0) is 19.1 Å². The molecule has 0 aliphatic rings. The first-order chi connectivity index (χ1) is 25.0. The van der Waals surface area contributed by atoms with Crippen LogP contribution in [0.3, 0.4) is 0 Å². The summed E-state index contributed by atoms with van der Waals surface area (Å²) in [5.41, 5.74) is 0. The molecule has 6 nitrogen and oxygen atoms in total. The molecule has 1 N–H and O–H groups in total. The van der Waals surface area contributed by atoms with Gasteiger partial charge in [-0.05, 0) is 84.2 Å². The van der Waals surface area contributed by atoms with E-state index in [9.17, 15) is 14.7 Å². The van der Waals surface area contributed by atoms with Gasteiger partial charge in [-0.25, -0.2) is 0 Å². The van der Waals surface area contributed by atoms with Gasteiger partial charge in [0.15, 0.2) is 0 Å². The summed E-state index contributed by atoms with van der Waals surface area (Å²) in [4.78, 5) is 27.3. The van der Waals surface area contributed by atoms with E-state index in [-0.39, 0.29) is 30.8 Å². The minimum atomic E-state index is -0.0335. The van der Waals surface area contributed by atoms with Crippen molar-refractivity contribution in [2.24, 2.45) is 0 Å². The highest BCUT2D eigenvalue weighted by atomic mass is 16.5. The van der Waals surface area contributed by atoms with E-state index in [2.05, 4.69) is 25.7 Å². The van der Waals surface area contributed by atoms with Crippen LogP contribution < -0.4 is 0 Å². The number of aliphatic hydroxyl groups is 1. The Labute approximate surface area is 318 Å². The minimum Gasteiger partial charge on any atom is -0.463 e. The average Bonchev–Trinajstić information content (AvgIpc) is 3.11. The van der Waals surface area contributed by atoms with Gasteiger partial charge in [0, 0.05) is 19.4 Å². The van der Waals surface area contributed by atoms with Crippen molar-refractivity contribution in [2.45, 2.75) is 252 Å². The number of aliphatic hydroxyl groups excluding tert-OH is 1. The molecule has 0 aromatic heterocycles. The molecule has 1 atom stereocenters. The summed E-state index contributed by atoms with van der Waals surface area (Å²) in [6.45, 7) is 11.8. The van der Waals surface area contributed by atoms with Gasteiger partial charge in [0.25, 0.3) is 0 Å². The number of ether oxygens (including phenoxy) is 2. The molecule has 0 spiro atoms. The molecule has 0 amide bonds. The highest BCUT2D eigenvalue weighted by molar-refractivity contribution is 5.69. The number of carbonyl (C=O) groups excluding carboxylic acids is 2. The molecule has 0 saturated carbocycles. The number of rotatable bonds is 41. The van der Waals surface area contributed by atoms with Crippen molar-refractivity contribution in [3.8, 4) is 0 Å². The number of unbranched alkanes of at least 4 members (excludes halogenated alkanes) is 23. The summed E-state index contributed by atoms with van der Waals surface area (Å²) in [5.74, 6) is -0.0202. The first-order valence-corrected chi connectivity index (χ1v) is 22.7. The van der Waals surface area contributed by atoms with Gasteiger partial charge in [0.1, 0.15) is 6.10 Å². The lowest BCUT2D eigenvalue weighted by Gasteiger charge is -2.21. The second kappa shape index (κ2) is 40.1. The third-order valence-corrected chi connectivity index (χ3v) is 10.5. The number of hydrogen-bond acceptors (Lipinski definition) is 6. The zero-order valence-corrected chi connectivity index (χ0v) is 34.8. The molecule has 0 aromatic rings. The topological polar surface area (TPSA) is 76.1 Å². The molecule has 0 bridgehead atoms. The van der Waals surface area contributed by atoms with Crippen LogP contribution in [0.15, 0.2) is 0 Å². The van der Waals surface area contributed by atoms with Crippen molar-refractivity contribution in [2.75, 3.05) is 26.2 Å². The molecule has 0 rings (SSSR count). The molecule has 0 heterocycles. The molecule has 0 fully saturated rings. The van der Waals surface area contributed by atoms with Gasteiger partial charge in [-0.2, -0.15) is 0 Å². The largest absolute Gasteiger partial charge is 0.463 e. The standard InChI is InChI=1S/C45H89NO5/c1-5-8-11-14-19-26-33-42(4)50-44(48)36-29-22-17-24-31-38-46(40-41-47)39-32-25-18-23-30-37-45(49)51-43(34-27-20-15-12-9-6-2)35-28-21-16-13-10-7-3/h42-43,47H,5-41H2,1-4H3/t42-/m1/s1. The van der Waals surface area contributed by atoms with Crippen LogP contribution in [0.5, 0.6) is 0 Å². The highest BCUT2D eigenvalue weighted by Crippen LogP contribution is 2.19. The van der Waals surface area contributed by atoms with Gasteiger partial charge >= 0.3 is 11.9 Å². The summed E-state index contributed by atoms with van der Waals surface area (Å²) in [6, 6.07) is 0. The van der Waals surface area contributed by atoms with Gasteiger partial charge in [-0.1, -0.05) is 156 Å². The van der Waals surface area contributed by atoms with Gasteiger partial charge in [-0.3, -0.25) is 9.59 Å². The normalized spacial score (nSPS) is 12.2. The Hall–Kier alpha value is -1.14. The van der Waals surface area contributed by atoms with Crippen molar-refractivity contribution in [3.05, 3.63) is 0 Å². The van der Waals surface area contributed by atoms with E-state index >= 15 is 0 Å². The van der Waals surface area contributed by atoms with Crippen LogP contribution in [0, 0.1) is 0 Å². The summed E-state index contributed by atoms with van der Waals surface area (Å²) in [6.07, 6.45) is 38.3. The third kappa shape index (κ3) is 37.0. The Morgan fingerprint density at radius 2 is 0.804 bits per heavy atom. The number of carbonyl (C=O) groups is 2. The fourth-order valence-corrected chi connectivity index (χ4v) is 7.11. The fraction of sp³-hybridized carbons (Fsp3) is 0.956. The Kier molecular flexibility index (Phi) is 39.2. The number of hydrogen-bond donors (Lipinski definition) is 1. The van der Waals surface area contributed by atoms with E-state index < -0.39 is 0 Å². The maximum Gasteiger partial charge on any atom is 0.306 e. The predicted molar refractivity (Wildman–Crippen MR) is 218 cm³/mol. The highest BCUT2D eigenvalue weighted by Gasteiger charge is 2.14. The van der Waals surface area contributed by atoms with Crippen molar-refractivity contribution in [3.63, 3.8) is 0 Å². The molecule has 0 saturated heterocycles. The van der Waals surface area contributed by atoms with E-state index in [1.54, 1.807) is 0 Å². The van der Waals surface area contributed by atoms with Crippen LogP contribution in [-0.4, -0.2) is 60.4 Å². The fourth-order valence-electron chi connectivity index (χ4n) is 7.11. The molecule has 51 heavy (non-hydrogen) atoms. The van der Waals surface area contributed by atoms with Gasteiger partial charge in [0.05, 0.1) is 12.7 Å². The first kappa shape index (κ1) is 49.9. The lowest BCUT2D eigenvalue weighted by molar-refractivity contribution is -0.150. The first-order valence-electron chi connectivity index (χ1n) is 22.7. The van der Waals surface area contributed by atoms with Crippen LogP contribution in [0.1, 0.15) is 240 Å². The molecule has 0 unspecified atom stereocenters. The lowest BCUT2D eigenvalue weighted by Crippen LogP contribution is -2.29. The molecule has 304 valence electrons. The SMILES string of the molecule is CCCCCCCCC(CCCCCCCC)OC(=O)CCCCCCCN(CCO)CCCCCCCC(=O)O[C@H](C)CCCCCCCC. The smallest absolute Gasteiger partial charge is 0.306 e. The quantitative estimate of drug-likeness (QED) is 0.0500. The number of nitrogens with zero attached hydrogens (tertiary/aromatic N) is 1. The van der Waals surface area contributed by atoms with E-state index in [0.717, 1.165) is 96.7 Å². The lowest BCUT2D eigenvalue weighted by atomic mass is 10.0. The van der Waals surface area contributed by atoms with Gasteiger partial charge in [0.2, 0.25) is 0 Å². The van der Waals surface area contributed by atoms with Crippen molar-refractivity contribution >= 4 is 11.9 Å². The van der Waals surface area contributed by atoms with E-state index in [4.69, 9.17) is 9.47 Å². The Bertz CT molecular complexity index is 715. The Morgan fingerprint density at radius 3 is 1.24 bits per heavy atom. The van der Waals surface area contributed by atoms with Crippen LogP contribution in [0.4, 0.5) is 0 Å². The summed E-state index contributed by atoms with van der Waals surface area (Å²) < 4.78 is 11.6. The van der Waals surface area contributed by atoms with Crippen LogP contribution >= 0.6 is 0 Å². The van der Waals surface area contributed by atoms with E-state index in [1.165, 1.54) is 122 Å². The van der Waals surface area contributed by atoms with Crippen molar-refractivity contribution in [1.29, 1.82) is 0 Å². The summed E-state index contributed by atoms with van der Waals surface area (Å²) in [5, 5.41) is 9.56. The Morgan fingerprint density at radius 1 is 0.451 bits per heavy atom. The summed E-state index contributed by atoms with van der Waals surface area (Å²) in [7, 11) is 0. The van der Waals surface area contributed by atoms with Crippen molar-refractivity contribution in [1.82, 2.24) is 4.90 Å².